The van der Waals surface area contributed by atoms with Gasteiger partial charge in [0, 0.05) is 30.2 Å². The van der Waals surface area contributed by atoms with Crippen molar-refractivity contribution in [2.45, 2.75) is 27.7 Å². The third-order valence-electron chi connectivity index (χ3n) is 4.11. The van der Waals surface area contributed by atoms with Gasteiger partial charge in [0.25, 0.3) is 5.69 Å². The number of hydrogen-bond donors (Lipinski definition) is 0. The molecule has 6 nitrogen and oxygen atoms in total. The van der Waals surface area contributed by atoms with Crippen molar-refractivity contribution >= 4 is 33.9 Å². The smallest absolute Gasteiger partial charge is 0.293 e. The van der Waals surface area contributed by atoms with E-state index in [2.05, 4.69) is 11.1 Å². The van der Waals surface area contributed by atoms with E-state index in [1.54, 1.807) is 12.3 Å². The number of nitro groups is 1. The lowest BCUT2D eigenvalue weighted by atomic mass is 10.1. The van der Waals surface area contributed by atoms with E-state index in [1.165, 1.54) is 17.4 Å². The first kappa shape index (κ1) is 18.6. The highest BCUT2D eigenvalue weighted by Crippen LogP contribution is 2.34. The second-order valence-electron chi connectivity index (χ2n) is 5.51. The van der Waals surface area contributed by atoms with Gasteiger partial charge in [-0.3, -0.25) is 10.1 Å². The Hall–Kier alpha value is -2.72. The third-order valence-corrected chi connectivity index (χ3v) is 5.22. The van der Waals surface area contributed by atoms with E-state index in [9.17, 15) is 15.4 Å². The second-order valence-corrected chi connectivity index (χ2v) is 6.71. The van der Waals surface area contributed by atoms with E-state index in [-0.39, 0.29) is 10.6 Å². The quantitative estimate of drug-likeness (QED) is 0.425. The van der Waals surface area contributed by atoms with Crippen LogP contribution in [0, 0.1) is 35.3 Å². The van der Waals surface area contributed by atoms with Crippen molar-refractivity contribution in [3.05, 3.63) is 49.9 Å². The Morgan fingerprint density at radius 3 is 2.60 bits per heavy atom. The van der Waals surface area contributed by atoms with Crippen LogP contribution in [0.25, 0.3) is 0 Å². The van der Waals surface area contributed by atoms with Crippen LogP contribution in [0.15, 0.2) is 23.2 Å². The topological polar surface area (TPSA) is 82.5 Å². The molecule has 0 saturated heterocycles. The summed E-state index contributed by atoms with van der Waals surface area (Å²) in [7, 11) is 0. The normalized spacial score (nSPS) is 10.8. The van der Waals surface area contributed by atoms with Gasteiger partial charge in [-0.1, -0.05) is 6.07 Å². The third kappa shape index (κ3) is 3.86. The molecule has 0 aliphatic rings. The zero-order valence-electron chi connectivity index (χ0n) is 14.7. The number of benzene rings is 1. The molecule has 2 aromatic rings. The molecule has 1 aromatic carbocycles. The van der Waals surface area contributed by atoms with Crippen molar-refractivity contribution in [3.63, 3.8) is 0 Å². The van der Waals surface area contributed by atoms with Crippen molar-refractivity contribution in [1.82, 2.24) is 0 Å². The van der Waals surface area contributed by atoms with Gasteiger partial charge in [-0.05, 0) is 44.9 Å². The minimum atomic E-state index is -0.370. The van der Waals surface area contributed by atoms with Crippen LogP contribution in [-0.2, 0) is 0 Å². The minimum absolute atomic E-state index is 0.0618. The summed E-state index contributed by atoms with van der Waals surface area (Å²) < 4.78 is 0. The molecule has 2 rings (SSSR count). The number of nitriles is 1. The number of thiophene rings is 1. The van der Waals surface area contributed by atoms with Crippen molar-refractivity contribution < 1.29 is 4.92 Å². The Balaban J connectivity index is 2.42. The van der Waals surface area contributed by atoms with Crippen molar-refractivity contribution in [2.24, 2.45) is 4.99 Å². The lowest BCUT2D eigenvalue weighted by Crippen LogP contribution is -2.22. The van der Waals surface area contributed by atoms with Crippen LogP contribution in [0.5, 0.6) is 0 Å². The molecule has 130 valence electrons. The Morgan fingerprint density at radius 2 is 2.04 bits per heavy atom. The van der Waals surface area contributed by atoms with E-state index in [4.69, 9.17) is 0 Å². The molecule has 7 heteroatoms. The highest BCUT2D eigenvalue weighted by molar-refractivity contribution is 7.16. The number of rotatable bonds is 6. The zero-order valence-corrected chi connectivity index (χ0v) is 15.6. The molecule has 0 amide bonds. The van der Waals surface area contributed by atoms with Gasteiger partial charge in [0.15, 0.2) is 0 Å². The van der Waals surface area contributed by atoms with Gasteiger partial charge in [0.05, 0.1) is 10.5 Å². The highest BCUT2D eigenvalue weighted by atomic mass is 32.1. The van der Waals surface area contributed by atoms with Gasteiger partial charge in [-0.25, -0.2) is 4.99 Å². The minimum Gasteiger partial charge on any atom is -0.367 e. The van der Waals surface area contributed by atoms with Crippen LogP contribution >= 0.6 is 11.3 Å². The van der Waals surface area contributed by atoms with Gasteiger partial charge in [-0.2, -0.15) is 5.26 Å². The summed E-state index contributed by atoms with van der Waals surface area (Å²) in [6.45, 7) is 9.17. The fraction of sp³-hybridized carbons (Fsp3) is 0.333. The van der Waals surface area contributed by atoms with Crippen LogP contribution in [0.2, 0.25) is 0 Å². The number of hydrogen-bond acceptors (Lipinski definition) is 6. The first-order valence-corrected chi connectivity index (χ1v) is 8.82. The first-order valence-electron chi connectivity index (χ1n) is 8.00. The molecule has 0 aliphatic carbocycles. The van der Waals surface area contributed by atoms with Gasteiger partial charge in [0.2, 0.25) is 0 Å². The maximum Gasteiger partial charge on any atom is 0.293 e. The Kier molecular flexibility index (Phi) is 5.88. The van der Waals surface area contributed by atoms with Crippen molar-refractivity contribution in [2.75, 3.05) is 18.0 Å². The van der Waals surface area contributed by atoms with E-state index in [0.29, 0.717) is 34.9 Å². The van der Waals surface area contributed by atoms with Gasteiger partial charge in [-0.15, -0.1) is 11.3 Å². The molecule has 0 N–H and O–H groups in total. The average molecular weight is 356 g/mol. The molecular formula is C18H20N4O2S. The Labute approximate surface area is 151 Å². The number of nitrogens with zero attached hydrogens (tertiary/aromatic N) is 4. The summed E-state index contributed by atoms with van der Waals surface area (Å²) >= 11 is 1.45. The molecule has 0 spiro atoms. The van der Waals surface area contributed by atoms with E-state index in [1.807, 2.05) is 38.7 Å². The van der Waals surface area contributed by atoms with Crippen molar-refractivity contribution in [1.29, 1.82) is 5.26 Å². The zero-order chi connectivity index (χ0) is 18.6. The maximum atomic E-state index is 11.4. The summed E-state index contributed by atoms with van der Waals surface area (Å²) in [5, 5.41) is 21.3. The van der Waals surface area contributed by atoms with Crippen LogP contribution < -0.4 is 4.90 Å². The standard InChI is InChI=1S/C18H20N4O2S/c1-5-21(6-2)16-8-7-14(9-17(16)22(23)24)11-20-18-15(10-19)12(3)13(4)25-18/h7-9,11H,5-6H2,1-4H3/b20-11+. The Morgan fingerprint density at radius 1 is 1.36 bits per heavy atom. The number of nitro benzene ring substituents is 1. The molecule has 0 radical (unpaired) electrons. The van der Waals surface area contributed by atoms with Gasteiger partial charge >= 0.3 is 0 Å². The molecule has 0 fully saturated rings. The highest BCUT2D eigenvalue weighted by Gasteiger charge is 2.18. The number of aryl methyl sites for hydroxylation is 1. The van der Waals surface area contributed by atoms with Crippen LogP contribution in [0.3, 0.4) is 0 Å². The lowest BCUT2D eigenvalue weighted by molar-refractivity contribution is -0.384. The molecule has 25 heavy (non-hydrogen) atoms. The Bertz CT molecular complexity index is 861. The summed E-state index contributed by atoms with van der Waals surface area (Å²) in [5.41, 5.74) is 2.80. The van der Waals surface area contributed by atoms with Crippen LogP contribution in [0.1, 0.15) is 35.4 Å². The largest absolute Gasteiger partial charge is 0.367 e. The molecular weight excluding hydrogens is 336 g/mol. The fourth-order valence-electron chi connectivity index (χ4n) is 2.56. The monoisotopic (exact) mass is 356 g/mol. The fourth-order valence-corrected chi connectivity index (χ4v) is 3.51. The molecule has 0 bridgehead atoms. The molecule has 0 atom stereocenters. The van der Waals surface area contributed by atoms with E-state index < -0.39 is 0 Å². The van der Waals surface area contributed by atoms with Crippen LogP contribution in [-0.4, -0.2) is 24.2 Å². The maximum absolute atomic E-state index is 11.4. The number of anilines is 1. The molecule has 0 unspecified atom stereocenters. The summed E-state index contributed by atoms with van der Waals surface area (Å²) in [4.78, 5) is 18.4. The summed E-state index contributed by atoms with van der Waals surface area (Å²) in [6.07, 6.45) is 1.57. The van der Waals surface area contributed by atoms with Crippen LogP contribution in [0.4, 0.5) is 16.4 Å². The van der Waals surface area contributed by atoms with E-state index >= 15 is 0 Å². The second kappa shape index (κ2) is 7.90. The van der Waals surface area contributed by atoms with Gasteiger partial charge in [0.1, 0.15) is 16.8 Å². The predicted molar refractivity (Wildman–Crippen MR) is 102 cm³/mol. The molecule has 1 aromatic heterocycles. The van der Waals surface area contributed by atoms with E-state index in [0.717, 1.165) is 10.4 Å². The van der Waals surface area contributed by atoms with Crippen molar-refractivity contribution in [3.8, 4) is 6.07 Å². The first-order chi connectivity index (χ1) is 11.9. The summed E-state index contributed by atoms with van der Waals surface area (Å²) in [6, 6.07) is 7.26. The molecule has 0 aliphatic heterocycles. The number of aliphatic imine (C=N–C) groups is 1. The predicted octanol–water partition coefficient (Wildman–Crippen LogP) is 4.74. The average Bonchev–Trinajstić information content (AvgIpc) is 2.88. The lowest BCUT2D eigenvalue weighted by Gasteiger charge is -2.20. The molecule has 1 heterocycles. The van der Waals surface area contributed by atoms with Gasteiger partial charge < -0.3 is 4.90 Å². The molecule has 0 saturated carbocycles. The summed E-state index contributed by atoms with van der Waals surface area (Å²) in [5.74, 6) is 0. The SMILES string of the molecule is CCN(CC)c1ccc(/C=N/c2sc(C)c(C)c2C#N)cc1[N+](=O)[O-].